The van der Waals surface area contributed by atoms with Crippen LogP contribution in [0.25, 0.3) is 22.3 Å². The van der Waals surface area contributed by atoms with Gasteiger partial charge < -0.3 is 0 Å². The molecule has 22 heavy (non-hydrogen) atoms. The first kappa shape index (κ1) is 14.6. The average molecular weight is 286 g/mol. The first-order valence-corrected chi connectivity index (χ1v) is 7.80. The molecule has 0 N–H and O–H groups in total. The minimum Gasteiger partial charge on any atom is -0.0587 e. The summed E-state index contributed by atoms with van der Waals surface area (Å²) in [6, 6.07) is 22.2. The molecule has 3 aromatic carbocycles. The molecule has 0 heteroatoms. The van der Waals surface area contributed by atoms with Gasteiger partial charge in [0.25, 0.3) is 0 Å². The molecule has 3 rings (SSSR count). The first-order valence-electron chi connectivity index (χ1n) is 7.80. The Balaban J connectivity index is 2.01. The molecule has 0 aliphatic carbocycles. The largest absolute Gasteiger partial charge is 0.0587 e. The van der Waals surface area contributed by atoms with Crippen LogP contribution in [0.1, 0.15) is 22.3 Å². The molecule has 0 fully saturated rings. The third-order valence-corrected chi connectivity index (χ3v) is 4.43. The highest BCUT2D eigenvalue weighted by Crippen LogP contribution is 2.29. The zero-order valence-corrected chi connectivity index (χ0v) is 13.8. The molecule has 3 aromatic rings. The Labute approximate surface area is 133 Å². The number of rotatable bonds is 2. The van der Waals surface area contributed by atoms with Crippen LogP contribution in [0.4, 0.5) is 0 Å². The summed E-state index contributed by atoms with van der Waals surface area (Å²) in [5, 5.41) is 0. The maximum absolute atomic E-state index is 2.29. The molecule has 0 amide bonds. The lowest BCUT2D eigenvalue weighted by Gasteiger charge is -2.11. The third kappa shape index (κ3) is 2.82. The molecule has 0 saturated heterocycles. The summed E-state index contributed by atoms with van der Waals surface area (Å²) in [6.45, 7) is 8.65. The smallest absolute Gasteiger partial charge is 0.0154 e. The summed E-state index contributed by atoms with van der Waals surface area (Å²) in [4.78, 5) is 0. The van der Waals surface area contributed by atoms with Gasteiger partial charge in [-0.05, 0) is 66.6 Å². The summed E-state index contributed by atoms with van der Waals surface area (Å²) in [7, 11) is 0. The fraction of sp³-hybridized carbons (Fsp3) is 0.182. The molecule has 0 unspecified atom stereocenters. The van der Waals surface area contributed by atoms with Crippen molar-refractivity contribution in [2.75, 3.05) is 0 Å². The van der Waals surface area contributed by atoms with Gasteiger partial charge in [0.1, 0.15) is 0 Å². The lowest BCUT2D eigenvalue weighted by atomic mass is 9.94. The Morgan fingerprint density at radius 3 is 1.68 bits per heavy atom. The summed E-state index contributed by atoms with van der Waals surface area (Å²) in [5.41, 5.74) is 10.5. The molecule has 110 valence electrons. The van der Waals surface area contributed by atoms with E-state index in [2.05, 4.69) is 88.4 Å². The van der Waals surface area contributed by atoms with Crippen molar-refractivity contribution < 1.29 is 0 Å². The maximum Gasteiger partial charge on any atom is -0.0154 e. The molecule has 0 radical (unpaired) electrons. The highest BCUT2D eigenvalue weighted by Gasteiger charge is 2.05. The highest BCUT2D eigenvalue weighted by atomic mass is 14.1. The fourth-order valence-electron chi connectivity index (χ4n) is 2.82. The Hall–Kier alpha value is -2.34. The second-order valence-electron chi connectivity index (χ2n) is 6.19. The van der Waals surface area contributed by atoms with E-state index in [1.54, 1.807) is 0 Å². The molecular weight excluding hydrogens is 264 g/mol. The van der Waals surface area contributed by atoms with Gasteiger partial charge in [0.2, 0.25) is 0 Å². The maximum atomic E-state index is 2.29. The molecule has 0 aromatic heterocycles. The van der Waals surface area contributed by atoms with E-state index in [-0.39, 0.29) is 0 Å². The highest BCUT2D eigenvalue weighted by molar-refractivity contribution is 5.74. The predicted octanol–water partition coefficient (Wildman–Crippen LogP) is 6.25. The Bertz CT molecular complexity index is 808. The second-order valence-corrected chi connectivity index (χ2v) is 6.19. The van der Waals surface area contributed by atoms with E-state index in [1.165, 1.54) is 44.5 Å². The zero-order chi connectivity index (χ0) is 15.7. The molecule has 0 saturated carbocycles. The van der Waals surface area contributed by atoms with Crippen LogP contribution in [-0.4, -0.2) is 0 Å². The van der Waals surface area contributed by atoms with Gasteiger partial charge in [-0.2, -0.15) is 0 Å². The van der Waals surface area contributed by atoms with E-state index in [0.29, 0.717) is 0 Å². The standard InChI is InChI=1S/C22H22/c1-15-5-8-19(9-6-15)20-11-12-22(18(4)14-20)21-10-7-16(2)17(3)13-21/h5-14H,1-4H3. The SMILES string of the molecule is Cc1ccc(-c2ccc(-c3ccc(C)c(C)c3)c(C)c2)cc1. The van der Waals surface area contributed by atoms with Crippen molar-refractivity contribution in [1.82, 2.24) is 0 Å². The average Bonchev–Trinajstić information content (AvgIpc) is 2.51. The van der Waals surface area contributed by atoms with E-state index in [1.807, 2.05) is 0 Å². The molecule has 0 spiro atoms. The molecule has 0 bridgehead atoms. The van der Waals surface area contributed by atoms with Crippen LogP contribution in [0.3, 0.4) is 0 Å². The number of hydrogen-bond acceptors (Lipinski definition) is 0. The van der Waals surface area contributed by atoms with Gasteiger partial charge in [0, 0.05) is 0 Å². The lowest BCUT2D eigenvalue weighted by Crippen LogP contribution is -1.88. The number of benzene rings is 3. The molecular formula is C22H22. The van der Waals surface area contributed by atoms with Crippen molar-refractivity contribution >= 4 is 0 Å². The van der Waals surface area contributed by atoms with E-state index in [9.17, 15) is 0 Å². The van der Waals surface area contributed by atoms with Crippen LogP contribution in [0, 0.1) is 27.7 Å². The van der Waals surface area contributed by atoms with Crippen molar-refractivity contribution in [3.05, 3.63) is 82.9 Å². The predicted molar refractivity (Wildman–Crippen MR) is 96.3 cm³/mol. The van der Waals surface area contributed by atoms with Crippen LogP contribution in [0.2, 0.25) is 0 Å². The molecule has 0 atom stereocenters. The number of hydrogen-bond donors (Lipinski definition) is 0. The van der Waals surface area contributed by atoms with Crippen LogP contribution in [0.15, 0.2) is 60.7 Å². The van der Waals surface area contributed by atoms with Crippen molar-refractivity contribution in [3.8, 4) is 22.3 Å². The van der Waals surface area contributed by atoms with Crippen LogP contribution in [-0.2, 0) is 0 Å². The van der Waals surface area contributed by atoms with Gasteiger partial charge in [-0.15, -0.1) is 0 Å². The lowest BCUT2D eigenvalue weighted by molar-refractivity contribution is 1.33. The Morgan fingerprint density at radius 2 is 1.05 bits per heavy atom. The topological polar surface area (TPSA) is 0 Å². The van der Waals surface area contributed by atoms with E-state index < -0.39 is 0 Å². The first-order chi connectivity index (χ1) is 10.5. The Morgan fingerprint density at radius 1 is 0.455 bits per heavy atom. The summed E-state index contributed by atoms with van der Waals surface area (Å²) >= 11 is 0. The van der Waals surface area contributed by atoms with E-state index >= 15 is 0 Å². The second kappa shape index (κ2) is 5.81. The third-order valence-electron chi connectivity index (χ3n) is 4.43. The summed E-state index contributed by atoms with van der Waals surface area (Å²) in [6.07, 6.45) is 0. The minimum atomic E-state index is 1.28. The fourth-order valence-corrected chi connectivity index (χ4v) is 2.82. The van der Waals surface area contributed by atoms with Gasteiger partial charge >= 0.3 is 0 Å². The van der Waals surface area contributed by atoms with Gasteiger partial charge in [-0.25, -0.2) is 0 Å². The zero-order valence-electron chi connectivity index (χ0n) is 13.8. The van der Waals surface area contributed by atoms with E-state index in [0.717, 1.165) is 0 Å². The van der Waals surface area contributed by atoms with Crippen molar-refractivity contribution in [2.24, 2.45) is 0 Å². The summed E-state index contributed by atoms with van der Waals surface area (Å²) < 4.78 is 0. The molecule has 0 nitrogen and oxygen atoms in total. The van der Waals surface area contributed by atoms with Gasteiger partial charge in [0.15, 0.2) is 0 Å². The molecule has 0 aliphatic rings. The quantitative estimate of drug-likeness (QED) is 0.522. The summed E-state index contributed by atoms with van der Waals surface area (Å²) in [5.74, 6) is 0. The minimum absolute atomic E-state index is 1.28. The van der Waals surface area contributed by atoms with Crippen LogP contribution < -0.4 is 0 Å². The van der Waals surface area contributed by atoms with Crippen molar-refractivity contribution in [2.45, 2.75) is 27.7 Å². The van der Waals surface area contributed by atoms with Gasteiger partial charge in [0.05, 0.1) is 0 Å². The van der Waals surface area contributed by atoms with Crippen molar-refractivity contribution in [1.29, 1.82) is 0 Å². The van der Waals surface area contributed by atoms with Crippen LogP contribution in [0.5, 0.6) is 0 Å². The normalized spacial score (nSPS) is 10.7. The number of aryl methyl sites for hydroxylation is 4. The monoisotopic (exact) mass is 286 g/mol. The molecule has 0 aliphatic heterocycles. The van der Waals surface area contributed by atoms with Crippen LogP contribution >= 0.6 is 0 Å². The van der Waals surface area contributed by atoms with Gasteiger partial charge in [-0.3, -0.25) is 0 Å². The van der Waals surface area contributed by atoms with Gasteiger partial charge in [-0.1, -0.05) is 66.2 Å². The Kier molecular flexibility index (Phi) is 3.85. The van der Waals surface area contributed by atoms with Crippen molar-refractivity contribution in [3.63, 3.8) is 0 Å². The van der Waals surface area contributed by atoms with E-state index in [4.69, 9.17) is 0 Å². The molecule has 0 heterocycles.